The number of benzene rings is 6. The SMILES string of the molecule is c1ccc(-c2nc3ccccc3n2-c2cccc(-c3cc(-n4c5ccccc5c5ccncc54)cc(-n4c5ccccc5c5ccncc54)c3)c2)cc1. The summed E-state index contributed by atoms with van der Waals surface area (Å²) >= 11 is 0. The minimum Gasteiger partial charge on any atom is -0.308 e. The summed E-state index contributed by atoms with van der Waals surface area (Å²) in [6, 6.07) is 55.9. The zero-order chi connectivity index (χ0) is 34.9. The quantitative estimate of drug-likeness (QED) is 0.182. The molecule has 0 spiro atoms. The van der Waals surface area contributed by atoms with E-state index in [9.17, 15) is 0 Å². The molecule has 53 heavy (non-hydrogen) atoms. The van der Waals surface area contributed by atoms with Gasteiger partial charge in [0.15, 0.2) is 0 Å². The van der Waals surface area contributed by atoms with Crippen LogP contribution in [0.25, 0.3) is 94.2 Å². The van der Waals surface area contributed by atoms with Crippen molar-refractivity contribution in [2.24, 2.45) is 0 Å². The number of imidazole rings is 1. The lowest BCUT2D eigenvalue weighted by molar-refractivity contribution is 1.10. The number of nitrogens with zero attached hydrogens (tertiary/aromatic N) is 6. The summed E-state index contributed by atoms with van der Waals surface area (Å²) < 4.78 is 6.96. The van der Waals surface area contributed by atoms with Crippen LogP contribution in [-0.4, -0.2) is 28.7 Å². The van der Waals surface area contributed by atoms with Gasteiger partial charge in [0.25, 0.3) is 0 Å². The zero-order valence-corrected chi connectivity index (χ0v) is 28.5. The molecular formula is C47H30N6. The second-order valence-corrected chi connectivity index (χ2v) is 13.4. The molecule has 6 aromatic carbocycles. The molecule has 11 aromatic rings. The minimum absolute atomic E-state index is 0.911. The first-order chi connectivity index (χ1) is 26.3. The Hall–Kier alpha value is -7.31. The number of hydrogen-bond acceptors (Lipinski definition) is 3. The molecule has 0 amide bonds. The lowest BCUT2D eigenvalue weighted by atomic mass is 10.0. The smallest absolute Gasteiger partial charge is 0.145 e. The predicted octanol–water partition coefficient (Wildman–Crippen LogP) is 11.3. The molecule has 0 aliphatic rings. The second kappa shape index (κ2) is 11.6. The maximum Gasteiger partial charge on any atom is 0.145 e. The van der Waals surface area contributed by atoms with E-state index in [2.05, 4.69) is 169 Å². The Morgan fingerprint density at radius 3 is 1.53 bits per heavy atom. The normalized spacial score (nSPS) is 11.8. The van der Waals surface area contributed by atoms with Gasteiger partial charge in [-0.1, -0.05) is 91.0 Å². The van der Waals surface area contributed by atoms with Crippen LogP contribution in [0.2, 0.25) is 0 Å². The third kappa shape index (κ3) is 4.56. The molecule has 0 radical (unpaired) electrons. The number of rotatable bonds is 5. The van der Waals surface area contributed by atoms with Gasteiger partial charge in [0.2, 0.25) is 0 Å². The predicted molar refractivity (Wildman–Crippen MR) is 216 cm³/mol. The second-order valence-electron chi connectivity index (χ2n) is 13.4. The van der Waals surface area contributed by atoms with Crippen LogP contribution in [0.1, 0.15) is 0 Å². The zero-order valence-electron chi connectivity index (χ0n) is 28.5. The molecule has 6 nitrogen and oxygen atoms in total. The van der Waals surface area contributed by atoms with Gasteiger partial charge in [-0.2, -0.15) is 0 Å². The minimum atomic E-state index is 0.911. The summed E-state index contributed by atoms with van der Waals surface area (Å²) in [4.78, 5) is 14.3. The van der Waals surface area contributed by atoms with Crippen LogP contribution >= 0.6 is 0 Å². The fraction of sp³-hybridized carbons (Fsp3) is 0. The van der Waals surface area contributed by atoms with Gasteiger partial charge in [0.1, 0.15) is 5.82 Å². The molecule has 248 valence electrons. The first-order valence-corrected chi connectivity index (χ1v) is 17.8. The third-order valence-electron chi connectivity index (χ3n) is 10.4. The molecule has 0 N–H and O–H groups in total. The van der Waals surface area contributed by atoms with Crippen molar-refractivity contribution in [3.63, 3.8) is 0 Å². The van der Waals surface area contributed by atoms with Crippen molar-refractivity contribution in [3.8, 4) is 39.6 Å². The lowest BCUT2D eigenvalue weighted by Gasteiger charge is -2.16. The highest BCUT2D eigenvalue weighted by Crippen LogP contribution is 2.38. The topological polar surface area (TPSA) is 53.5 Å². The van der Waals surface area contributed by atoms with Gasteiger partial charge in [-0.15, -0.1) is 0 Å². The van der Waals surface area contributed by atoms with E-state index in [1.807, 2.05) is 36.9 Å². The highest BCUT2D eigenvalue weighted by Gasteiger charge is 2.19. The number of fused-ring (bicyclic) bond motifs is 7. The van der Waals surface area contributed by atoms with E-state index in [0.717, 1.165) is 72.7 Å². The molecule has 6 heteroatoms. The average molecular weight is 679 g/mol. The first kappa shape index (κ1) is 29.4. The number of pyridine rings is 2. The Morgan fingerprint density at radius 1 is 0.340 bits per heavy atom. The Balaban J connectivity index is 1.20. The summed E-state index contributed by atoms with van der Waals surface area (Å²) in [5, 5.41) is 4.73. The van der Waals surface area contributed by atoms with Crippen molar-refractivity contribution in [2.45, 2.75) is 0 Å². The highest BCUT2D eigenvalue weighted by atomic mass is 15.1. The summed E-state index contributed by atoms with van der Waals surface area (Å²) in [5.74, 6) is 0.911. The summed E-state index contributed by atoms with van der Waals surface area (Å²) in [6.07, 6.45) is 7.70. The lowest BCUT2D eigenvalue weighted by Crippen LogP contribution is -2.01. The molecule has 0 fully saturated rings. The van der Waals surface area contributed by atoms with Crippen molar-refractivity contribution in [3.05, 3.63) is 183 Å². The Labute approximate surface area is 304 Å². The molecule has 5 heterocycles. The molecule has 5 aromatic heterocycles. The van der Waals surface area contributed by atoms with E-state index >= 15 is 0 Å². The maximum atomic E-state index is 5.12. The standard InChI is InChI=1S/C47H30N6/c1-2-11-31(12-3-1)47-50-41-17-6-9-20-44(41)53(47)34-14-10-13-32(25-34)33-26-35(51-42-18-7-4-15-37(42)39-21-23-48-29-45(39)51)28-36(27-33)52-43-19-8-5-16-38(43)40-22-24-49-30-46(40)52/h1-30H. The third-order valence-corrected chi connectivity index (χ3v) is 10.4. The van der Waals surface area contributed by atoms with Crippen molar-refractivity contribution in [1.29, 1.82) is 0 Å². The van der Waals surface area contributed by atoms with Crippen molar-refractivity contribution >= 4 is 54.6 Å². The Morgan fingerprint density at radius 2 is 0.868 bits per heavy atom. The molecule has 0 bridgehead atoms. The maximum absolute atomic E-state index is 5.12. The monoisotopic (exact) mass is 678 g/mol. The molecular weight excluding hydrogens is 649 g/mol. The number of para-hydroxylation sites is 4. The summed E-state index contributed by atoms with van der Waals surface area (Å²) in [5.41, 5.74) is 12.8. The molecule has 0 atom stereocenters. The molecule has 0 aliphatic heterocycles. The van der Waals surface area contributed by atoms with E-state index < -0.39 is 0 Å². The fourth-order valence-corrected chi connectivity index (χ4v) is 8.11. The number of aromatic nitrogens is 6. The Kier molecular flexibility index (Phi) is 6.45. The first-order valence-electron chi connectivity index (χ1n) is 17.8. The van der Waals surface area contributed by atoms with Gasteiger partial charge in [0.05, 0.1) is 45.5 Å². The van der Waals surface area contributed by atoms with E-state index in [0.29, 0.717) is 0 Å². The van der Waals surface area contributed by atoms with Gasteiger partial charge in [0, 0.05) is 56.6 Å². The average Bonchev–Trinajstić information content (AvgIpc) is 3.89. The van der Waals surface area contributed by atoms with Gasteiger partial charge in [-0.3, -0.25) is 14.5 Å². The van der Waals surface area contributed by atoms with Crippen LogP contribution in [-0.2, 0) is 0 Å². The largest absolute Gasteiger partial charge is 0.308 e. The van der Waals surface area contributed by atoms with E-state index in [-0.39, 0.29) is 0 Å². The molecule has 0 unspecified atom stereocenters. The highest BCUT2D eigenvalue weighted by molar-refractivity contribution is 6.10. The van der Waals surface area contributed by atoms with Gasteiger partial charge in [-0.05, 0) is 77.9 Å². The van der Waals surface area contributed by atoms with E-state index in [4.69, 9.17) is 4.98 Å². The van der Waals surface area contributed by atoms with Crippen LogP contribution in [0.15, 0.2) is 183 Å². The molecule has 0 saturated heterocycles. The van der Waals surface area contributed by atoms with Crippen LogP contribution < -0.4 is 0 Å². The molecule has 0 saturated carbocycles. The van der Waals surface area contributed by atoms with Crippen LogP contribution in [0.3, 0.4) is 0 Å². The van der Waals surface area contributed by atoms with Crippen molar-refractivity contribution in [2.75, 3.05) is 0 Å². The fourth-order valence-electron chi connectivity index (χ4n) is 8.11. The Bertz CT molecular complexity index is 2950. The van der Waals surface area contributed by atoms with Crippen molar-refractivity contribution in [1.82, 2.24) is 28.7 Å². The number of hydrogen-bond donors (Lipinski definition) is 0. The molecule has 11 rings (SSSR count). The van der Waals surface area contributed by atoms with Crippen LogP contribution in [0.4, 0.5) is 0 Å². The van der Waals surface area contributed by atoms with Gasteiger partial charge >= 0.3 is 0 Å². The summed E-state index contributed by atoms with van der Waals surface area (Å²) in [6.45, 7) is 0. The van der Waals surface area contributed by atoms with Gasteiger partial charge in [-0.25, -0.2) is 4.98 Å². The van der Waals surface area contributed by atoms with E-state index in [1.54, 1.807) is 0 Å². The van der Waals surface area contributed by atoms with Crippen LogP contribution in [0.5, 0.6) is 0 Å². The van der Waals surface area contributed by atoms with Crippen molar-refractivity contribution < 1.29 is 0 Å². The van der Waals surface area contributed by atoms with Gasteiger partial charge < -0.3 is 9.13 Å². The summed E-state index contributed by atoms with van der Waals surface area (Å²) in [7, 11) is 0. The van der Waals surface area contributed by atoms with Crippen LogP contribution in [0, 0.1) is 0 Å². The molecule has 0 aliphatic carbocycles. The van der Waals surface area contributed by atoms with E-state index in [1.165, 1.54) is 21.5 Å².